The predicted octanol–water partition coefficient (Wildman–Crippen LogP) is 0.0935. The molecule has 1 aromatic rings. The highest BCUT2D eigenvalue weighted by Gasteiger charge is 2.19. The molecule has 0 spiro atoms. The van der Waals surface area contributed by atoms with E-state index in [0.717, 1.165) is 18.7 Å². The lowest BCUT2D eigenvalue weighted by atomic mass is 10.2. The van der Waals surface area contributed by atoms with E-state index in [2.05, 4.69) is 10.1 Å². The van der Waals surface area contributed by atoms with Crippen LogP contribution in [-0.4, -0.2) is 39.6 Å². The molecule has 1 heterocycles. The minimum Gasteiger partial charge on any atom is -0.314 e. The monoisotopic (exact) mass is 255 g/mol. The van der Waals surface area contributed by atoms with Crippen molar-refractivity contribution in [3.63, 3.8) is 0 Å². The molecular formula is C11H17N3O2S. The lowest BCUT2D eigenvalue weighted by Gasteiger charge is -2.27. The summed E-state index contributed by atoms with van der Waals surface area (Å²) < 4.78 is 24.1. The van der Waals surface area contributed by atoms with Crippen LogP contribution in [0.25, 0.3) is 0 Å². The molecule has 94 valence electrons. The van der Waals surface area contributed by atoms with Crippen LogP contribution in [0.1, 0.15) is 5.56 Å². The first-order valence-corrected chi connectivity index (χ1v) is 7.11. The Labute approximate surface area is 102 Å². The summed E-state index contributed by atoms with van der Waals surface area (Å²) in [5.74, 6) is 0. The maximum Gasteiger partial charge on any atom is 0.253 e. The smallest absolute Gasteiger partial charge is 0.253 e. The van der Waals surface area contributed by atoms with Gasteiger partial charge in [-0.05, 0) is 19.1 Å². The van der Waals surface area contributed by atoms with Crippen LogP contribution in [0.5, 0.6) is 0 Å². The fourth-order valence-electron chi connectivity index (χ4n) is 1.70. The van der Waals surface area contributed by atoms with Crippen LogP contribution in [-0.2, 0) is 10.0 Å². The van der Waals surface area contributed by atoms with Crippen molar-refractivity contribution in [2.75, 3.05) is 26.2 Å². The fourth-order valence-corrected chi connectivity index (χ4v) is 2.82. The van der Waals surface area contributed by atoms with E-state index in [1.54, 1.807) is 29.3 Å². The van der Waals surface area contributed by atoms with Crippen molar-refractivity contribution in [1.29, 1.82) is 0 Å². The summed E-state index contributed by atoms with van der Waals surface area (Å²) in [4.78, 5) is 2.90. The van der Waals surface area contributed by atoms with Gasteiger partial charge >= 0.3 is 0 Å². The van der Waals surface area contributed by atoms with Gasteiger partial charge in [0.1, 0.15) is 0 Å². The van der Waals surface area contributed by atoms with Crippen LogP contribution < -0.4 is 10.1 Å². The molecule has 0 saturated carbocycles. The quantitative estimate of drug-likeness (QED) is 0.804. The van der Waals surface area contributed by atoms with Crippen LogP contribution in [0.3, 0.4) is 0 Å². The summed E-state index contributed by atoms with van der Waals surface area (Å²) >= 11 is 0. The van der Waals surface area contributed by atoms with E-state index in [1.165, 1.54) is 0 Å². The van der Waals surface area contributed by atoms with Gasteiger partial charge in [0.2, 0.25) is 0 Å². The average molecular weight is 255 g/mol. The lowest BCUT2D eigenvalue weighted by molar-refractivity contribution is 0.211. The molecule has 2 N–H and O–H groups in total. The minimum atomic E-state index is -3.43. The molecule has 0 bridgehead atoms. The second-order valence-corrected chi connectivity index (χ2v) is 5.81. The second kappa shape index (κ2) is 5.14. The van der Waals surface area contributed by atoms with E-state index in [4.69, 9.17) is 0 Å². The molecule has 0 unspecified atom stereocenters. The van der Waals surface area contributed by atoms with Crippen molar-refractivity contribution < 1.29 is 8.42 Å². The van der Waals surface area contributed by atoms with Crippen LogP contribution in [0.15, 0.2) is 29.2 Å². The van der Waals surface area contributed by atoms with Crippen LogP contribution in [0, 0.1) is 6.92 Å². The summed E-state index contributed by atoms with van der Waals surface area (Å²) in [7, 11) is -3.43. The molecule has 0 aliphatic carbocycles. The molecule has 5 nitrogen and oxygen atoms in total. The zero-order chi connectivity index (χ0) is 12.3. The first kappa shape index (κ1) is 12.5. The molecule has 1 aromatic carbocycles. The Morgan fingerprint density at radius 3 is 2.35 bits per heavy atom. The van der Waals surface area contributed by atoms with Gasteiger partial charge in [0.25, 0.3) is 10.0 Å². The zero-order valence-electron chi connectivity index (χ0n) is 9.81. The van der Waals surface area contributed by atoms with E-state index in [-0.39, 0.29) is 0 Å². The third-order valence-corrected chi connectivity index (χ3v) is 4.09. The van der Waals surface area contributed by atoms with Crippen molar-refractivity contribution in [2.24, 2.45) is 0 Å². The third kappa shape index (κ3) is 3.26. The Balaban J connectivity index is 2.10. The number of sulfonamides is 1. The Morgan fingerprint density at radius 1 is 1.18 bits per heavy atom. The van der Waals surface area contributed by atoms with Crippen molar-refractivity contribution in [1.82, 2.24) is 15.2 Å². The number of benzene rings is 1. The zero-order valence-corrected chi connectivity index (χ0v) is 10.6. The summed E-state index contributed by atoms with van der Waals surface area (Å²) in [6.07, 6.45) is 0. The fraction of sp³-hybridized carbons (Fsp3) is 0.455. The van der Waals surface area contributed by atoms with E-state index >= 15 is 0 Å². The van der Waals surface area contributed by atoms with Crippen molar-refractivity contribution >= 4 is 10.0 Å². The van der Waals surface area contributed by atoms with Gasteiger partial charge in [0.05, 0.1) is 4.90 Å². The van der Waals surface area contributed by atoms with Crippen molar-refractivity contribution in [2.45, 2.75) is 11.8 Å². The average Bonchev–Trinajstić information content (AvgIpc) is 2.30. The summed E-state index contributed by atoms with van der Waals surface area (Å²) in [5.41, 5.74) is 1.05. The molecule has 0 radical (unpaired) electrons. The van der Waals surface area contributed by atoms with Gasteiger partial charge < -0.3 is 5.32 Å². The normalized spacial score (nSPS) is 18.2. The largest absolute Gasteiger partial charge is 0.314 e. The summed E-state index contributed by atoms with van der Waals surface area (Å²) in [6, 6.07) is 6.85. The van der Waals surface area contributed by atoms with Gasteiger partial charge in [-0.1, -0.05) is 17.7 Å². The molecule has 2 rings (SSSR count). The van der Waals surface area contributed by atoms with E-state index in [0.29, 0.717) is 18.0 Å². The third-order valence-electron chi connectivity index (χ3n) is 2.70. The highest BCUT2D eigenvalue weighted by molar-refractivity contribution is 7.89. The van der Waals surface area contributed by atoms with Gasteiger partial charge in [0, 0.05) is 26.2 Å². The van der Waals surface area contributed by atoms with Gasteiger partial charge in [-0.2, -0.15) is 0 Å². The van der Waals surface area contributed by atoms with Crippen LogP contribution in [0.2, 0.25) is 0 Å². The van der Waals surface area contributed by atoms with Gasteiger partial charge in [-0.15, -0.1) is 4.83 Å². The molecule has 17 heavy (non-hydrogen) atoms. The van der Waals surface area contributed by atoms with E-state index < -0.39 is 10.0 Å². The molecule has 0 atom stereocenters. The molecule has 1 saturated heterocycles. The second-order valence-electron chi connectivity index (χ2n) is 4.14. The number of rotatable bonds is 3. The molecule has 1 aliphatic heterocycles. The van der Waals surface area contributed by atoms with Crippen molar-refractivity contribution in [3.05, 3.63) is 29.8 Å². The number of hydrogen-bond donors (Lipinski definition) is 2. The predicted molar refractivity (Wildman–Crippen MR) is 65.9 cm³/mol. The Bertz CT molecular complexity index is 464. The van der Waals surface area contributed by atoms with Crippen LogP contribution in [0.4, 0.5) is 0 Å². The number of nitrogens with zero attached hydrogens (tertiary/aromatic N) is 1. The Kier molecular flexibility index (Phi) is 3.78. The first-order chi connectivity index (χ1) is 8.08. The SMILES string of the molecule is Cc1ccc(S(=O)(=O)NN2CCNCC2)cc1. The van der Waals surface area contributed by atoms with Crippen molar-refractivity contribution in [3.8, 4) is 0 Å². The molecular weight excluding hydrogens is 238 g/mol. The molecule has 6 heteroatoms. The first-order valence-electron chi connectivity index (χ1n) is 5.63. The number of nitrogens with one attached hydrogen (secondary N) is 2. The topological polar surface area (TPSA) is 61.4 Å². The summed E-state index contributed by atoms with van der Waals surface area (Å²) in [5, 5.41) is 4.90. The molecule has 0 aromatic heterocycles. The lowest BCUT2D eigenvalue weighted by Crippen LogP contribution is -2.52. The Hall–Kier alpha value is -0.950. The number of hydrazine groups is 1. The number of hydrogen-bond acceptors (Lipinski definition) is 4. The van der Waals surface area contributed by atoms with Crippen LogP contribution >= 0.6 is 0 Å². The molecule has 1 aliphatic rings. The van der Waals surface area contributed by atoms with Gasteiger partial charge in [-0.3, -0.25) is 0 Å². The number of piperazine rings is 1. The minimum absolute atomic E-state index is 0.307. The highest BCUT2D eigenvalue weighted by atomic mass is 32.2. The van der Waals surface area contributed by atoms with Gasteiger partial charge in [-0.25, -0.2) is 13.4 Å². The maximum absolute atomic E-state index is 12.0. The Morgan fingerprint density at radius 2 is 1.76 bits per heavy atom. The molecule has 1 fully saturated rings. The molecule has 0 amide bonds. The van der Waals surface area contributed by atoms with E-state index in [9.17, 15) is 8.42 Å². The number of aryl methyl sites for hydroxylation is 1. The maximum atomic E-state index is 12.0. The summed E-state index contributed by atoms with van der Waals surface area (Å²) in [6.45, 7) is 4.91. The highest BCUT2D eigenvalue weighted by Crippen LogP contribution is 2.10. The van der Waals surface area contributed by atoms with E-state index in [1.807, 2.05) is 6.92 Å². The standard InChI is InChI=1S/C11H17N3O2S/c1-10-2-4-11(5-3-10)17(15,16)13-14-8-6-12-7-9-14/h2-5,12-13H,6-9H2,1H3. The van der Waals surface area contributed by atoms with Gasteiger partial charge in [0.15, 0.2) is 0 Å².